The Bertz CT molecular complexity index is 1380. The molecule has 1 fully saturated rings. The Kier molecular flexibility index (Phi) is 12.6. The largest absolute Gasteiger partial charge is 0.483 e. The van der Waals surface area contributed by atoms with Gasteiger partial charge in [0.1, 0.15) is 5.75 Å². The second-order valence-electron chi connectivity index (χ2n) is 12.4. The number of carbonyl (C=O) groups is 3. The molecule has 45 heavy (non-hydrogen) atoms. The van der Waals surface area contributed by atoms with Gasteiger partial charge in [-0.2, -0.15) is 0 Å². The molecule has 3 amide bonds. The molecule has 8 heteroatoms. The van der Waals surface area contributed by atoms with Crippen LogP contribution in [0, 0.1) is 19.8 Å². The zero-order valence-electron chi connectivity index (χ0n) is 26.7. The molecule has 1 heterocycles. The van der Waals surface area contributed by atoms with Crippen molar-refractivity contribution < 1.29 is 24.2 Å². The lowest BCUT2D eigenvalue weighted by atomic mass is 9.93. The van der Waals surface area contributed by atoms with Gasteiger partial charge >= 0.3 is 0 Å². The van der Waals surface area contributed by atoms with Gasteiger partial charge in [0, 0.05) is 32.0 Å². The van der Waals surface area contributed by atoms with Gasteiger partial charge in [-0.25, -0.2) is 0 Å². The van der Waals surface area contributed by atoms with Crippen LogP contribution < -0.4 is 15.4 Å². The minimum Gasteiger partial charge on any atom is -0.483 e. The first-order chi connectivity index (χ1) is 21.7. The first-order valence-corrected chi connectivity index (χ1v) is 16.0. The normalized spacial score (nSPS) is 15.6. The third-order valence-electron chi connectivity index (χ3n) is 8.32. The van der Waals surface area contributed by atoms with Crippen LogP contribution in [0.25, 0.3) is 0 Å². The summed E-state index contributed by atoms with van der Waals surface area (Å²) in [6.45, 7) is 7.00. The molecule has 1 aliphatic heterocycles. The summed E-state index contributed by atoms with van der Waals surface area (Å²) in [4.78, 5) is 40.3. The Morgan fingerprint density at radius 2 is 1.49 bits per heavy atom. The van der Waals surface area contributed by atoms with Crippen molar-refractivity contribution in [3.8, 4) is 5.75 Å². The summed E-state index contributed by atoms with van der Waals surface area (Å²) in [6, 6.07) is 24.4. The number of nitrogens with zero attached hydrogens (tertiary/aromatic N) is 1. The van der Waals surface area contributed by atoms with Crippen LogP contribution in [0.3, 0.4) is 0 Å². The first-order valence-electron chi connectivity index (χ1n) is 16.0. The molecular weight excluding hydrogens is 566 g/mol. The maximum Gasteiger partial charge on any atom is 0.258 e. The van der Waals surface area contributed by atoms with E-state index in [0.717, 1.165) is 35.2 Å². The van der Waals surface area contributed by atoms with Crippen LogP contribution in [0.4, 0.5) is 0 Å². The van der Waals surface area contributed by atoms with Crippen LogP contribution in [-0.4, -0.2) is 65.6 Å². The number of nitrogens with one attached hydrogen (secondary N) is 2. The minimum atomic E-state index is -0.942. The first kappa shape index (κ1) is 33.7. The van der Waals surface area contributed by atoms with Crippen LogP contribution in [-0.2, 0) is 27.2 Å². The van der Waals surface area contributed by atoms with Gasteiger partial charge in [-0.05, 0) is 67.7 Å². The Labute approximate surface area is 267 Å². The number of likely N-dealkylation sites (tertiary alicyclic amines) is 1. The van der Waals surface area contributed by atoms with Gasteiger partial charge in [0.25, 0.3) is 5.91 Å². The molecule has 4 atom stereocenters. The van der Waals surface area contributed by atoms with Crippen molar-refractivity contribution in [2.45, 2.75) is 77.5 Å². The van der Waals surface area contributed by atoms with E-state index in [1.54, 1.807) is 0 Å². The Hall–Kier alpha value is -4.17. The lowest BCUT2D eigenvalue weighted by molar-refractivity contribution is -0.129. The maximum atomic E-state index is 13.2. The van der Waals surface area contributed by atoms with Crippen molar-refractivity contribution in [1.29, 1.82) is 0 Å². The molecule has 4 rings (SSSR count). The highest BCUT2D eigenvalue weighted by Crippen LogP contribution is 2.22. The fourth-order valence-electron chi connectivity index (χ4n) is 6.05. The maximum absolute atomic E-state index is 13.2. The number of amides is 3. The predicted octanol–water partition coefficient (Wildman–Crippen LogP) is 4.54. The van der Waals surface area contributed by atoms with Crippen molar-refractivity contribution in [2.75, 3.05) is 19.7 Å². The molecule has 240 valence electrons. The SMILES string of the molecule is Cc1cccc(C)c1OCC(=O)N[C@@H](Cc1ccccc1)[C@@H](O)C[C@H](Cc1ccccc1)NC(=O)CC(C)CN1CCCC1=O. The molecule has 1 aliphatic rings. The molecule has 1 unspecified atom stereocenters. The van der Waals surface area contributed by atoms with E-state index in [-0.39, 0.29) is 49.1 Å². The fraction of sp³-hybridized carbons (Fsp3) is 0.432. The third-order valence-corrected chi connectivity index (χ3v) is 8.32. The van der Waals surface area contributed by atoms with E-state index in [1.807, 2.05) is 105 Å². The average molecular weight is 614 g/mol. The van der Waals surface area contributed by atoms with E-state index in [2.05, 4.69) is 10.6 Å². The highest BCUT2D eigenvalue weighted by Gasteiger charge is 2.28. The van der Waals surface area contributed by atoms with Crippen LogP contribution in [0.5, 0.6) is 5.75 Å². The van der Waals surface area contributed by atoms with Gasteiger partial charge in [-0.15, -0.1) is 0 Å². The standard InChI is InChI=1S/C37H47N3O5/c1-26(24-40-19-11-18-36(40)44)20-34(42)38-31(21-29-14-6-4-7-15-29)23-33(41)32(22-30-16-8-5-9-17-30)39-35(43)25-45-37-27(2)12-10-13-28(37)3/h4-10,12-17,26,31-33,41H,11,18-25H2,1-3H3,(H,38,42)(H,39,43)/t26?,31-,32-,33-/m0/s1. The van der Waals surface area contributed by atoms with Crippen molar-refractivity contribution in [3.05, 3.63) is 101 Å². The smallest absolute Gasteiger partial charge is 0.258 e. The Morgan fingerprint density at radius 3 is 2.09 bits per heavy atom. The molecule has 0 aromatic heterocycles. The summed E-state index contributed by atoms with van der Waals surface area (Å²) < 4.78 is 5.89. The van der Waals surface area contributed by atoms with E-state index >= 15 is 0 Å². The third kappa shape index (κ3) is 10.7. The van der Waals surface area contributed by atoms with Crippen molar-refractivity contribution in [2.24, 2.45) is 5.92 Å². The molecular formula is C37H47N3O5. The summed E-state index contributed by atoms with van der Waals surface area (Å²) in [7, 11) is 0. The molecule has 0 aliphatic carbocycles. The summed E-state index contributed by atoms with van der Waals surface area (Å²) in [5, 5.41) is 17.8. The quantitative estimate of drug-likeness (QED) is 0.220. The number of carbonyl (C=O) groups excluding carboxylic acids is 3. The topological polar surface area (TPSA) is 108 Å². The molecule has 3 N–H and O–H groups in total. The molecule has 0 radical (unpaired) electrons. The second kappa shape index (κ2) is 16.8. The zero-order valence-corrected chi connectivity index (χ0v) is 26.7. The highest BCUT2D eigenvalue weighted by atomic mass is 16.5. The second-order valence-corrected chi connectivity index (χ2v) is 12.4. The average Bonchev–Trinajstić information content (AvgIpc) is 3.41. The van der Waals surface area contributed by atoms with Crippen molar-refractivity contribution >= 4 is 17.7 Å². The highest BCUT2D eigenvalue weighted by molar-refractivity contribution is 5.79. The zero-order chi connectivity index (χ0) is 32.2. The lowest BCUT2D eigenvalue weighted by Crippen LogP contribution is -2.49. The number of aliphatic hydroxyl groups excluding tert-OH is 1. The molecule has 3 aromatic rings. The number of rotatable bonds is 16. The fourth-order valence-corrected chi connectivity index (χ4v) is 6.05. The van der Waals surface area contributed by atoms with E-state index < -0.39 is 12.1 Å². The molecule has 8 nitrogen and oxygen atoms in total. The summed E-state index contributed by atoms with van der Waals surface area (Å²) in [5.74, 6) is 0.399. The van der Waals surface area contributed by atoms with Gasteiger partial charge < -0.3 is 25.4 Å². The molecule has 0 saturated carbocycles. The van der Waals surface area contributed by atoms with Gasteiger partial charge in [-0.1, -0.05) is 85.8 Å². The summed E-state index contributed by atoms with van der Waals surface area (Å²) in [6.07, 6.45) is 1.98. The van der Waals surface area contributed by atoms with Crippen molar-refractivity contribution in [1.82, 2.24) is 15.5 Å². The van der Waals surface area contributed by atoms with Gasteiger partial charge in [-0.3, -0.25) is 14.4 Å². The molecule has 1 saturated heterocycles. The predicted molar refractivity (Wildman–Crippen MR) is 176 cm³/mol. The van der Waals surface area contributed by atoms with Gasteiger partial charge in [0.05, 0.1) is 12.1 Å². The summed E-state index contributed by atoms with van der Waals surface area (Å²) >= 11 is 0. The van der Waals surface area contributed by atoms with E-state index in [0.29, 0.717) is 31.6 Å². The number of hydrogen-bond donors (Lipinski definition) is 3. The number of aryl methyl sites for hydroxylation is 2. The monoisotopic (exact) mass is 613 g/mol. The van der Waals surface area contributed by atoms with Gasteiger partial charge in [0.2, 0.25) is 11.8 Å². The number of para-hydroxylation sites is 1. The van der Waals surface area contributed by atoms with E-state index in [9.17, 15) is 19.5 Å². The summed E-state index contributed by atoms with van der Waals surface area (Å²) in [5.41, 5.74) is 3.91. The van der Waals surface area contributed by atoms with Crippen LogP contribution in [0.15, 0.2) is 78.9 Å². The van der Waals surface area contributed by atoms with Crippen molar-refractivity contribution in [3.63, 3.8) is 0 Å². The molecule has 0 spiro atoms. The van der Waals surface area contributed by atoms with Crippen LogP contribution >= 0.6 is 0 Å². The van der Waals surface area contributed by atoms with E-state index in [4.69, 9.17) is 4.74 Å². The molecule has 3 aromatic carbocycles. The van der Waals surface area contributed by atoms with Crippen LogP contribution in [0.1, 0.15) is 54.9 Å². The Balaban J connectivity index is 1.43. The number of hydrogen-bond acceptors (Lipinski definition) is 5. The van der Waals surface area contributed by atoms with Crippen LogP contribution in [0.2, 0.25) is 0 Å². The van der Waals surface area contributed by atoms with E-state index in [1.165, 1.54) is 0 Å². The number of aliphatic hydroxyl groups is 1. The minimum absolute atomic E-state index is 0.0105. The lowest BCUT2D eigenvalue weighted by Gasteiger charge is -2.29. The molecule has 0 bridgehead atoms. The number of benzene rings is 3. The van der Waals surface area contributed by atoms with Gasteiger partial charge in [0.15, 0.2) is 6.61 Å². The number of ether oxygens (including phenoxy) is 1. The Morgan fingerprint density at radius 1 is 0.867 bits per heavy atom.